The summed E-state index contributed by atoms with van der Waals surface area (Å²) in [5, 5.41) is 3.14. The van der Waals surface area contributed by atoms with Crippen LogP contribution in [-0.4, -0.2) is 54.9 Å². The first-order chi connectivity index (χ1) is 15.1. The molecule has 0 spiro atoms. The molecule has 0 bridgehead atoms. The van der Waals surface area contributed by atoms with Crippen molar-refractivity contribution in [1.82, 2.24) is 15.1 Å². The van der Waals surface area contributed by atoms with Crippen LogP contribution in [-0.2, 0) is 11.3 Å². The van der Waals surface area contributed by atoms with Crippen LogP contribution in [0, 0.1) is 0 Å². The number of amides is 2. The molecule has 2 amide bonds. The van der Waals surface area contributed by atoms with Crippen LogP contribution in [0.5, 0.6) is 5.75 Å². The van der Waals surface area contributed by atoms with E-state index < -0.39 is 0 Å². The Hall–Kier alpha value is -2.86. The second kappa shape index (κ2) is 9.96. The molecule has 2 aliphatic rings. The molecule has 0 saturated carbocycles. The van der Waals surface area contributed by atoms with Crippen LogP contribution in [0.4, 0.5) is 0 Å². The number of carbonyl (C=O) groups is 2. The van der Waals surface area contributed by atoms with Crippen molar-refractivity contribution in [2.75, 3.05) is 33.3 Å². The molecule has 0 unspecified atom stereocenters. The fourth-order valence-electron chi connectivity index (χ4n) is 4.53. The van der Waals surface area contributed by atoms with E-state index in [1.54, 1.807) is 7.11 Å². The molecule has 164 valence electrons. The van der Waals surface area contributed by atoms with E-state index in [4.69, 9.17) is 4.74 Å². The Morgan fingerprint density at radius 3 is 2.52 bits per heavy atom. The molecular formula is C25H31N3O3. The minimum atomic E-state index is -0.0766. The number of likely N-dealkylation sites (tertiary alicyclic amines) is 2. The van der Waals surface area contributed by atoms with Crippen LogP contribution >= 0.6 is 0 Å². The van der Waals surface area contributed by atoms with Gasteiger partial charge in [-0.1, -0.05) is 24.3 Å². The summed E-state index contributed by atoms with van der Waals surface area (Å²) in [7, 11) is 1.67. The molecule has 1 atom stereocenters. The number of rotatable bonds is 8. The Bertz CT molecular complexity index is 906. The van der Waals surface area contributed by atoms with E-state index in [0.29, 0.717) is 25.1 Å². The van der Waals surface area contributed by atoms with Gasteiger partial charge in [-0.15, -0.1) is 0 Å². The third kappa shape index (κ3) is 5.25. The maximum absolute atomic E-state index is 12.9. The van der Waals surface area contributed by atoms with Gasteiger partial charge >= 0.3 is 0 Å². The van der Waals surface area contributed by atoms with Gasteiger partial charge < -0.3 is 15.0 Å². The monoisotopic (exact) mass is 421 g/mol. The number of methoxy groups -OCH3 is 1. The van der Waals surface area contributed by atoms with Gasteiger partial charge in [0.15, 0.2) is 0 Å². The molecule has 2 aliphatic heterocycles. The van der Waals surface area contributed by atoms with Gasteiger partial charge in [-0.3, -0.25) is 14.5 Å². The Morgan fingerprint density at radius 1 is 1.06 bits per heavy atom. The summed E-state index contributed by atoms with van der Waals surface area (Å²) < 4.78 is 5.29. The molecule has 1 N–H and O–H groups in total. The smallest absolute Gasteiger partial charge is 0.251 e. The van der Waals surface area contributed by atoms with Crippen molar-refractivity contribution in [1.29, 1.82) is 0 Å². The first-order valence-corrected chi connectivity index (χ1v) is 11.2. The highest BCUT2D eigenvalue weighted by molar-refractivity contribution is 5.94. The van der Waals surface area contributed by atoms with Crippen LogP contribution in [0.1, 0.15) is 53.2 Å². The van der Waals surface area contributed by atoms with Crippen molar-refractivity contribution < 1.29 is 14.3 Å². The number of benzene rings is 2. The van der Waals surface area contributed by atoms with Crippen LogP contribution in [0.2, 0.25) is 0 Å². The fraction of sp³-hybridized carbons (Fsp3) is 0.440. The highest BCUT2D eigenvalue weighted by atomic mass is 16.5. The largest absolute Gasteiger partial charge is 0.497 e. The number of hydrogen-bond donors (Lipinski definition) is 1. The Kier molecular flexibility index (Phi) is 6.87. The molecular weight excluding hydrogens is 390 g/mol. The maximum atomic E-state index is 12.9. The molecule has 0 aliphatic carbocycles. The second-order valence-electron chi connectivity index (χ2n) is 8.36. The number of nitrogens with one attached hydrogen (secondary N) is 1. The predicted octanol–water partition coefficient (Wildman–Crippen LogP) is 3.38. The summed E-state index contributed by atoms with van der Waals surface area (Å²) in [4.78, 5) is 29.1. The van der Waals surface area contributed by atoms with Gasteiger partial charge in [0.2, 0.25) is 5.91 Å². The summed E-state index contributed by atoms with van der Waals surface area (Å²) >= 11 is 0. The summed E-state index contributed by atoms with van der Waals surface area (Å²) in [5.41, 5.74) is 2.82. The summed E-state index contributed by atoms with van der Waals surface area (Å²) in [6.45, 7) is 4.02. The molecule has 4 rings (SSSR count). The van der Waals surface area contributed by atoms with E-state index in [2.05, 4.69) is 22.3 Å². The lowest BCUT2D eigenvalue weighted by Gasteiger charge is -2.28. The average molecular weight is 422 g/mol. The fourth-order valence-corrected chi connectivity index (χ4v) is 4.53. The summed E-state index contributed by atoms with van der Waals surface area (Å²) in [6, 6.07) is 15.9. The Morgan fingerprint density at radius 2 is 1.84 bits per heavy atom. The summed E-state index contributed by atoms with van der Waals surface area (Å²) in [5.74, 6) is 0.955. The lowest BCUT2D eigenvalue weighted by molar-refractivity contribution is -0.128. The Balaban J connectivity index is 1.42. The van der Waals surface area contributed by atoms with Crippen LogP contribution < -0.4 is 10.1 Å². The molecule has 0 radical (unpaired) electrons. The highest BCUT2D eigenvalue weighted by Crippen LogP contribution is 2.26. The first kappa shape index (κ1) is 21.4. The van der Waals surface area contributed by atoms with E-state index in [9.17, 15) is 9.59 Å². The Labute approximate surface area is 184 Å². The minimum absolute atomic E-state index is 0.0766. The molecule has 2 aromatic carbocycles. The third-order valence-electron chi connectivity index (χ3n) is 6.27. The summed E-state index contributed by atoms with van der Waals surface area (Å²) in [6.07, 6.45) is 3.93. The SMILES string of the molecule is COc1ccc([C@H](CNC(=O)c2cccc(CN3CCCC3=O)c2)N2CCCC2)cc1. The first-order valence-electron chi connectivity index (χ1n) is 11.2. The minimum Gasteiger partial charge on any atom is -0.497 e. The molecule has 2 heterocycles. The topological polar surface area (TPSA) is 61.9 Å². The van der Waals surface area contributed by atoms with Crippen molar-refractivity contribution in [2.24, 2.45) is 0 Å². The maximum Gasteiger partial charge on any atom is 0.251 e. The lowest BCUT2D eigenvalue weighted by atomic mass is 10.0. The van der Waals surface area contributed by atoms with E-state index in [-0.39, 0.29) is 17.9 Å². The van der Waals surface area contributed by atoms with Gasteiger partial charge in [0.05, 0.1) is 13.2 Å². The van der Waals surface area contributed by atoms with Gasteiger partial charge in [0.25, 0.3) is 5.91 Å². The van der Waals surface area contributed by atoms with Crippen LogP contribution in [0.15, 0.2) is 48.5 Å². The average Bonchev–Trinajstić information content (AvgIpc) is 3.47. The van der Waals surface area contributed by atoms with E-state index in [1.165, 1.54) is 18.4 Å². The molecule has 2 fully saturated rings. The molecule has 6 heteroatoms. The van der Waals surface area contributed by atoms with Crippen molar-refractivity contribution in [3.8, 4) is 5.75 Å². The zero-order valence-corrected chi connectivity index (χ0v) is 18.2. The predicted molar refractivity (Wildman–Crippen MR) is 120 cm³/mol. The van der Waals surface area contributed by atoms with Crippen molar-refractivity contribution in [2.45, 2.75) is 38.3 Å². The van der Waals surface area contributed by atoms with Crippen molar-refractivity contribution in [3.05, 3.63) is 65.2 Å². The van der Waals surface area contributed by atoms with Crippen LogP contribution in [0.3, 0.4) is 0 Å². The van der Waals surface area contributed by atoms with Crippen molar-refractivity contribution in [3.63, 3.8) is 0 Å². The molecule has 2 saturated heterocycles. The normalized spacial score (nSPS) is 17.7. The van der Waals surface area contributed by atoms with Gasteiger partial charge in [-0.05, 0) is 67.7 Å². The standard InChI is InChI=1S/C25H31N3O3/c1-31-22-11-9-20(10-12-22)23(27-13-2-3-14-27)17-26-25(30)21-7-4-6-19(16-21)18-28-15-5-8-24(28)29/h4,6-7,9-12,16,23H,2-3,5,8,13-15,17-18H2,1H3,(H,26,30)/t23-/m0/s1. The van der Waals surface area contributed by atoms with Crippen LogP contribution in [0.25, 0.3) is 0 Å². The van der Waals surface area contributed by atoms with E-state index in [1.807, 2.05) is 41.3 Å². The molecule has 6 nitrogen and oxygen atoms in total. The number of hydrogen-bond acceptors (Lipinski definition) is 4. The van der Waals surface area contributed by atoms with Gasteiger partial charge in [0.1, 0.15) is 5.75 Å². The van der Waals surface area contributed by atoms with Gasteiger partial charge in [-0.25, -0.2) is 0 Å². The van der Waals surface area contributed by atoms with Gasteiger partial charge in [-0.2, -0.15) is 0 Å². The van der Waals surface area contributed by atoms with E-state index in [0.717, 1.165) is 37.4 Å². The molecule has 0 aromatic heterocycles. The van der Waals surface area contributed by atoms with E-state index >= 15 is 0 Å². The third-order valence-corrected chi connectivity index (χ3v) is 6.27. The zero-order chi connectivity index (χ0) is 21.6. The van der Waals surface area contributed by atoms with Crippen molar-refractivity contribution >= 4 is 11.8 Å². The lowest BCUT2D eigenvalue weighted by Crippen LogP contribution is -2.36. The number of nitrogens with zero attached hydrogens (tertiary/aromatic N) is 2. The number of ether oxygens (including phenoxy) is 1. The highest BCUT2D eigenvalue weighted by Gasteiger charge is 2.24. The molecule has 2 aromatic rings. The van der Waals surface area contributed by atoms with Gasteiger partial charge in [0, 0.05) is 31.6 Å². The number of carbonyl (C=O) groups excluding carboxylic acids is 2. The molecule has 31 heavy (non-hydrogen) atoms. The quantitative estimate of drug-likeness (QED) is 0.710. The zero-order valence-electron chi connectivity index (χ0n) is 18.2. The second-order valence-corrected chi connectivity index (χ2v) is 8.36.